The van der Waals surface area contributed by atoms with Gasteiger partial charge in [0, 0.05) is 25.3 Å². The van der Waals surface area contributed by atoms with Crippen molar-refractivity contribution in [1.82, 2.24) is 5.32 Å². The lowest BCUT2D eigenvalue weighted by Crippen LogP contribution is -2.46. The van der Waals surface area contributed by atoms with Crippen molar-refractivity contribution in [3.8, 4) is 5.75 Å². The largest absolute Gasteiger partial charge is 0.496 e. The number of ether oxygens (including phenoxy) is 2. The van der Waals surface area contributed by atoms with E-state index in [1.54, 1.807) is 7.11 Å². The number of nitrogens with two attached hydrogens (primary N) is 1. The Hall–Kier alpha value is -1.30. The van der Waals surface area contributed by atoms with Crippen molar-refractivity contribution in [1.29, 1.82) is 0 Å². The van der Waals surface area contributed by atoms with E-state index in [0.29, 0.717) is 19.8 Å². The highest BCUT2D eigenvalue weighted by Crippen LogP contribution is 2.19. The van der Waals surface area contributed by atoms with Gasteiger partial charge < -0.3 is 20.5 Å². The fraction of sp³-hybridized carbons (Fsp3) is 0.533. The van der Waals surface area contributed by atoms with Crippen LogP contribution in [0.5, 0.6) is 5.75 Å². The summed E-state index contributed by atoms with van der Waals surface area (Å²) in [5.74, 6) is 0.872. The van der Waals surface area contributed by atoms with E-state index < -0.39 is 6.04 Å². The number of carbonyl (C=O) groups excluding carboxylic acids is 1. The topological polar surface area (TPSA) is 73.6 Å². The molecule has 0 aromatic heterocycles. The fourth-order valence-corrected chi connectivity index (χ4v) is 2.44. The lowest BCUT2D eigenvalue weighted by atomic mass is 9.92. The number of hydrogen-bond acceptors (Lipinski definition) is 4. The molecule has 6 heteroatoms. The summed E-state index contributed by atoms with van der Waals surface area (Å²) in [5, 5.41) is 2.89. The maximum atomic E-state index is 12.1. The zero-order chi connectivity index (χ0) is 14.4. The van der Waals surface area contributed by atoms with E-state index in [4.69, 9.17) is 15.2 Å². The van der Waals surface area contributed by atoms with Gasteiger partial charge in [0.05, 0.1) is 13.2 Å². The van der Waals surface area contributed by atoms with Crippen LogP contribution in [0.15, 0.2) is 24.3 Å². The van der Waals surface area contributed by atoms with Gasteiger partial charge in [-0.15, -0.1) is 12.4 Å². The van der Waals surface area contributed by atoms with Crippen molar-refractivity contribution < 1.29 is 14.3 Å². The molecule has 1 aromatic carbocycles. The molecule has 0 spiro atoms. The highest BCUT2D eigenvalue weighted by Gasteiger charge is 2.26. The molecule has 1 aliphatic rings. The summed E-state index contributed by atoms with van der Waals surface area (Å²) < 4.78 is 10.5. The van der Waals surface area contributed by atoms with Crippen molar-refractivity contribution in [3.63, 3.8) is 0 Å². The fourth-order valence-electron chi connectivity index (χ4n) is 2.44. The molecular weight excluding hydrogens is 292 g/mol. The molecule has 1 atom stereocenters. The van der Waals surface area contributed by atoms with Crippen LogP contribution in [0, 0.1) is 5.92 Å². The first-order chi connectivity index (χ1) is 9.72. The van der Waals surface area contributed by atoms with E-state index in [2.05, 4.69) is 5.32 Å². The number of carbonyl (C=O) groups is 1. The van der Waals surface area contributed by atoms with Crippen molar-refractivity contribution in [2.45, 2.75) is 25.4 Å². The summed E-state index contributed by atoms with van der Waals surface area (Å²) in [7, 11) is 1.62. The minimum absolute atomic E-state index is 0. The Morgan fingerprint density at radius 2 is 2.10 bits per heavy atom. The number of benzene rings is 1. The zero-order valence-corrected chi connectivity index (χ0v) is 13.0. The van der Waals surface area contributed by atoms with Gasteiger partial charge in [-0.2, -0.15) is 0 Å². The van der Waals surface area contributed by atoms with Crippen LogP contribution in [-0.4, -0.2) is 32.3 Å². The highest BCUT2D eigenvalue weighted by atomic mass is 35.5. The second kappa shape index (κ2) is 8.87. The van der Waals surface area contributed by atoms with Gasteiger partial charge >= 0.3 is 0 Å². The average Bonchev–Trinajstić information content (AvgIpc) is 2.53. The molecule has 1 unspecified atom stereocenters. The first-order valence-corrected chi connectivity index (χ1v) is 6.95. The molecule has 1 saturated heterocycles. The maximum absolute atomic E-state index is 12.1. The van der Waals surface area contributed by atoms with Gasteiger partial charge in [0.1, 0.15) is 5.75 Å². The predicted molar refractivity (Wildman–Crippen MR) is 83.6 cm³/mol. The van der Waals surface area contributed by atoms with Crippen LogP contribution in [0.2, 0.25) is 0 Å². The first-order valence-electron chi connectivity index (χ1n) is 6.95. The smallest absolute Gasteiger partial charge is 0.237 e. The van der Waals surface area contributed by atoms with Crippen LogP contribution in [0.3, 0.4) is 0 Å². The van der Waals surface area contributed by atoms with E-state index >= 15 is 0 Å². The molecule has 0 bridgehead atoms. The Kier molecular flexibility index (Phi) is 7.50. The van der Waals surface area contributed by atoms with Crippen molar-refractivity contribution in [3.05, 3.63) is 29.8 Å². The van der Waals surface area contributed by atoms with Gasteiger partial charge in [-0.1, -0.05) is 18.2 Å². The number of nitrogens with one attached hydrogen (secondary N) is 1. The lowest BCUT2D eigenvalue weighted by Gasteiger charge is -2.26. The minimum Gasteiger partial charge on any atom is -0.496 e. The van der Waals surface area contributed by atoms with E-state index in [0.717, 1.165) is 24.2 Å². The van der Waals surface area contributed by atoms with Crippen LogP contribution in [-0.2, 0) is 16.1 Å². The van der Waals surface area contributed by atoms with Gasteiger partial charge in [-0.05, 0) is 24.8 Å². The number of hydrogen-bond donors (Lipinski definition) is 2. The third-order valence-electron chi connectivity index (χ3n) is 3.72. The van der Waals surface area contributed by atoms with E-state index in [1.807, 2.05) is 24.3 Å². The molecule has 1 heterocycles. The molecule has 5 nitrogen and oxygen atoms in total. The molecule has 1 amide bonds. The van der Waals surface area contributed by atoms with Gasteiger partial charge in [0.25, 0.3) is 0 Å². The van der Waals surface area contributed by atoms with Crippen molar-refractivity contribution >= 4 is 18.3 Å². The normalized spacial score (nSPS) is 16.7. The quantitative estimate of drug-likeness (QED) is 0.863. The molecule has 118 valence electrons. The summed E-state index contributed by atoms with van der Waals surface area (Å²) in [5.41, 5.74) is 6.97. The second-order valence-electron chi connectivity index (χ2n) is 5.01. The standard InChI is InChI=1S/C15H22N2O3.ClH/c1-19-13-5-3-2-4-12(13)10-17-15(18)14(16)11-6-8-20-9-7-11;/h2-5,11,14H,6-10,16H2,1H3,(H,17,18);1H. The number of para-hydroxylation sites is 1. The Morgan fingerprint density at radius 3 is 2.76 bits per heavy atom. The third kappa shape index (κ3) is 4.88. The van der Waals surface area contributed by atoms with Gasteiger partial charge in [0.2, 0.25) is 5.91 Å². The second-order valence-corrected chi connectivity index (χ2v) is 5.01. The molecule has 0 aliphatic carbocycles. The van der Waals surface area contributed by atoms with E-state index in [-0.39, 0.29) is 24.2 Å². The lowest BCUT2D eigenvalue weighted by molar-refractivity contribution is -0.124. The number of amides is 1. The summed E-state index contributed by atoms with van der Waals surface area (Å²) in [4.78, 5) is 12.1. The van der Waals surface area contributed by atoms with Crippen LogP contribution in [0.1, 0.15) is 18.4 Å². The summed E-state index contributed by atoms with van der Waals surface area (Å²) in [6, 6.07) is 7.16. The zero-order valence-electron chi connectivity index (χ0n) is 12.2. The first kappa shape index (κ1) is 17.8. The van der Waals surface area contributed by atoms with Crippen molar-refractivity contribution in [2.75, 3.05) is 20.3 Å². The molecule has 1 aliphatic heterocycles. The Morgan fingerprint density at radius 1 is 1.43 bits per heavy atom. The molecule has 3 N–H and O–H groups in total. The Bertz CT molecular complexity index is 450. The molecule has 1 fully saturated rings. The third-order valence-corrected chi connectivity index (χ3v) is 3.72. The minimum atomic E-state index is -0.464. The summed E-state index contributed by atoms with van der Waals surface area (Å²) >= 11 is 0. The molecule has 1 aromatic rings. The van der Waals surface area contributed by atoms with Crippen LogP contribution >= 0.6 is 12.4 Å². The summed E-state index contributed by atoms with van der Waals surface area (Å²) in [6.07, 6.45) is 1.70. The van der Waals surface area contributed by atoms with Gasteiger partial charge in [-0.3, -0.25) is 4.79 Å². The number of methoxy groups -OCH3 is 1. The van der Waals surface area contributed by atoms with Gasteiger partial charge in [-0.25, -0.2) is 0 Å². The highest BCUT2D eigenvalue weighted by molar-refractivity contribution is 5.85. The van der Waals surface area contributed by atoms with Crippen LogP contribution < -0.4 is 15.8 Å². The monoisotopic (exact) mass is 314 g/mol. The van der Waals surface area contributed by atoms with Crippen molar-refractivity contribution in [2.24, 2.45) is 11.7 Å². The predicted octanol–water partition coefficient (Wildman–Crippen LogP) is 1.49. The maximum Gasteiger partial charge on any atom is 0.237 e. The number of rotatable bonds is 5. The average molecular weight is 315 g/mol. The van der Waals surface area contributed by atoms with E-state index in [1.165, 1.54) is 0 Å². The molecule has 0 saturated carbocycles. The van der Waals surface area contributed by atoms with Crippen LogP contribution in [0.25, 0.3) is 0 Å². The van der Waals surface area contributed by atoms with Crippen LogP contribution in [0.4, 0.5) is 0 Å². The SMILES string of the molecule is COc1ccccc1CNC(=O)C(N)C1CCOCC1.Cl. The molecule has 2 rings (SSSR count). The number of halogens is 1. The summed E-state index contributed by atoms with van der Waals surface area (Å²) in [6.45, 7) is 1.82. The molecular formula is C15H23ClN2O3. The molecule has 21 heavy (non-hydrogen) atoms. The Balaban J connectivity index is 0.00000220. The van der Waals surface area contributed by atoms with E-state index in [9.17, 15) is 4.79 Å². The Labute approximate surface area is 131 Å². The van der Waals surface area contributed by atoms with Gasteiger partial charge in [0.15, 0.2) is 0 Å². The molecule has 0 radical (unpaired) electrons.